The van der Waals surface area contributed by atoms with E-state index in [0.717, 1.165) is 16.6 Å². The van der Waals surface area contributed by atoms with Gasteiger partial charge in [0.25, 0.3) is 0 Å². The van der Waals surface area contributed by atoms with Crippen molar-refractivity contribution in [1.82, 2.24) is 9.97 Å². The van der Waals surface area contributed by atoms with Crippen molar-refractivity contribution in [2.24, 2.45) is 0 Å². The molecule has 3 nitrogen and oxygen atoms in total. The van der Waals surface area contributed by atoms with Crippen molar-refractivity contribution in [2.75, 3.05) is 0 Å². The van der Waals surface area contributed by atoms with Gasteiger partial charge in [0, 0.05) is 12.4 Å². The molecule has 0 aliphatic carbocycles. The maximum atomic E-state index is 5.53. The van der Waals surface area contributed by atoms with E-state index in [9.17, 15) is 0 Å². The van der Waals surface area contributed by atoms with Gasteiger partial charge in [-0.25, -0.2) is 9.97 Å². The fourth-order valence-corrected chi connectivity index (χ4v) is 1.49. The molecule has 0 amide bonds. The standard InChI is InChI=1S/C12H11BrN2O/c1-2-9-4-3-5-11(6-9)16-12-14-7-10(13)8-15-12/h3-8H,2H2,1H3. The minimum Gasteiger partial charge on any atom is -0.424 e. The highest BCUT2D eigenvalue weighted by Crippen LogP contribution is 2.19. The Kier molecular flexibility index (Phi) is 3.51. The van der Waals surface area contributed by atoms with Crippen molar-refractivity contribution >= 4 is 15.9 Å². The summed E-state index contributed by atoms with van der Waals surface area (Å²) in [5, 5.41) is 0. The Labute approximate surface area is 103 Å². The molecule has 2 rings (SSSR count). The van der Waals surface area contributed by atoms with Gasteiger partial charge in [-0.1, -0.05) is 19.1 Å². The number of benzene rings is 1. The molecule has 0 spiro atoms. The number of hydrogen-bond acceptors (Lipinski definition) is 3. The van der Waals surface area contributed by atoms with Crippen molar-refractivity contribution < 1.29 is 4.74 Å². The predicted molar refractivity (Wildman–Crippen MR) is 65.6 cm³/mol. The maximum absolute atomic E-state index is 5.53. The van der Waals surface area contributed by atoms with Crippen LogP contribution in [0.2, 0.25) is 0 Å². The lowest BCUT2D eigenvalue weighted by Gasteiger charge is -2.04. The monoisotopic (exact) mass is 278 g/mol. The third kappa shape index (κ3) is 2.79. The molecule has 0 saturated heterocycles. The quantitative estimate of drug-likeness (QED) is 0.861. The van der Waals surface area contributed by atoms with Gasteiger partial charge in [-0.2, -0.15) is 0 Å². The summed E-state index contributed by atoms with van der Waals surface area (Å²) in [6.07, 6.45) is 4.30. The van der Waals surface area contributed by atoms with Crippen molar-refractivity contribution in [3.05, 3.63) is 46.7 Å². The van der Waals surface area contributed by atoms with Gasteiger partial charge in [-0.15, -0.1) is 0 Å². The van der Waals surface area contributed by atoms with Crippen LogP contribution >= 0.6 is 15.9 Å². The van der Waals surface area contributed by atoms with Gasteiger partial charge in [0.1, 0.15) is 5.75 Å². The fraction of sp³-hybridized carbons (Fsp3) is 0.167. The van der Waals surface area contributed by atoms with Crippen molar-refractivity contribution in [3.63, 3.8) is 0 Å². The average Bonchev–Trinajstić information content (AvgIpc) is 2.32. The van der Waals surface area contributed by atoms with Crippen molar-refractivity contribution in [2.45, 2.75) is 13.3 Å². The molecule has 4 heteroatoms. The van der Waals surface area contributed by atoms with Crippen LogP contribution < -0.4 is 4.74 Å². The topological polar surface area (TPSA) is 35.0 Å². The number of ether oxygens (including phenoxy) is 1. The second kappa shape index (κ2) is 5.07. The first-order chi connectivity index (χ1) is 7.78. The third-order valence-corrected chi connectivity index (χ3v) is 2.52. The molecule has 0 aliphatic heterocycles. The van der Waals surface area contributed by atoms with Gasteiger partial charge >= 0.3 is 6.01 Å². The van der Waals surface area contributed by atoms with E-state index >= 15 is 0 Å². The third-order valence-electron chi connectivity index (χ3n) is 2.11. The highest BCUT2D eigenvalue weighted by molar-refractivity contribution is 9.10. The van der Waals surface area contributed by atoms with E-state index in [1.165, 1.54) is 5.56 Å². The second-order valence-corrected chi connectivity index (χ2v) is 4.20. The smallest absolute Gasteiger partial charge is 0.321 e. The normalized spacial score (nSPS) is 10.1. The lowest BCUT2D eigenvalue weighted by molar-refractivity contribution is 0.441. The molecule has 0 atom stereocenters. The lowest BCUT2D eigenvalue weighted by Crippen LogP contribution is -1.91. The van der Waals surface area contributed by atoms with Crippen LogP contribution in [0.3, 0.4) is 0 Å². The number of aromatic nitrogens is 2. The van der Waals surface area contributed by atoms with Crippen LogP contribution in [0, 0.1) is 0 Å². The molecule has 82 valence electrons. The van der Waals surface area contributed by atoms with Crippen LogP contribution in [0.1, 0.15) is 12.5 Å². The van der Waals surface area contributed by atoms with Crippen LogP contribution in [0.4, 0.5) is 0 Å². The van der Waals surface area contributed by atoms with Crippen LogP contribution in [0.15, 0.2) is 41.1 Å². The van der Waals surface area contributed by atoms with Gasteiger partial charge < -0.3 is 4.74 Å². The summed E-state index contributed by atoms with van der Waals surface area (Å²) in [6, 6.07) is 8.27. The van der Waals surface area contributed by atoms with E-state index in [0.29, 0.717) is 6.01 Å². The van der Waals surface area contributed by atoms with Gasteiger partial charge in [0.05, 0.1) is 4.47 Å². The molecule has 1 aromatic heterocycles. The van der Waals surface area contributed by atoms with Gasteiger partial charge in [0.2, 0.25) is 0 Å². The summed E-state index contributed by atoms with van der Waals surface area (Å²) in [7, 11) is 0. The summed E-state index contributed by atoms with van der Waals surface area (Å²) < 4.78 is 6.37. The molecular formula is C12H11BrN2O. The first-order valence-corrected chi connectivity index (χ1v) is 5.81. The first kappa shape index (κ1) is 11.1. The predicted octanol–water partition coefficient (Wildman–Crippen LogP) is 3.59. The van der Waals surface area contributed by atoms with E-state index in [-0.39, 0.29) is 0 Å². The molecule has 0 unspecified atom stereocenters. The highest BCUT2D eigenvalue weighted by atomic mass is 79.9. The summed E-state index contributed by atoms with van der Waals surface area (Å²) in [5.74, 6) is 0.765. The summed E-state index contributed by atoms with van der Waals surface area (Å²) in [4.78, 5) is 8.10. The molecule has 0 saturated carbocycles. The molecule has 0 radical (unpaired) electrons. The number of rotatable bonds is 3. The summed E-state index contributed by atoms with van der Waals surface area (Å²) in [5.41, 5.74) is 1.23. The zero-order chi connectivity index (χ0) is 11.4. The largest absolute Gasteiger partial charge is 0.424 e. The van der Waals surface area contributed by atoms with Gasteiger partial charge in [-0.3, -0.25) is 0 Å². The zero-order valence-corrected chi connectivity index (χ0v) is 10.4. The molecule has 0 aliphatic rings. The van der Waals surface area contributed by atoms with Crippen LogP contribution in [0.25, 0.3) is 0 Å². The number of halogens is 1. The fourth-order valence-electron chi connectivity index (χ4n) is 1.29. The van der Waals surface area contributed by atoms with Crippen LogP contribution in [-0.2, 0) is 6.42 Å². The van der Waals surface area contributed by atoms with Crippen molar-refractivity contribution in [1.29, 1.82) is 0 Å². The van der Waals surface area contributed by atoms with Crippen LogP contribution in [0.5, 0.6) is 11.8 Å². The highest BCUT2D eigenvalue weighted by Gasteiger charge is 2.00. The van der Waals surface area contributed by atoms with E-state index < -0.39 is 0 Å². The molecule has 1 aromatic carbocycles. The average molecular weight is 279 g/mol. The van der Waals surface area contributed by atoms with Crippen molar-refractivity contribution in [3.8, 4) is 11.8 Å². The SMILES string of the molecule is CCc1cccc(Oc2ncc(Br)cn2)c1. The molecule has 1 heterocycles. The summed E-state index contributed by atoms with van der Waals surface area (Å²) >= 11 is 3.27. The minimum absolute atomic E-state index is 0.358. The summed E-state index contributed by atoms with van der Waals surface area (Å²) in [6.45, 7) is 2.11. The molecule has 2 aromatic rings. The number of nitrogens with zero attached hydrogens (tertiary/aromatic N) is 2. The second-order valence-electron chi connectivity index (χ2n) is 3.29. The Morgan fingerprint density at radius 2 is 2.00 bits per heavy atom. The van der Waals surface area contributed by atoms with Gasteiger partial charge in [-0.05, 0) is 40.0 Å². The van der Waals surface area contributed by atoms with E-state index in [4.69, 9.17) is 4.74 Å². The molecule has 16 heavy (non-hydrogen) atoms. The Morgan fingerprint density at radius 1 is 1.25 bits per heavy atom. The Bertz CT molecular complexity index is 471. The molecular weight excluding hydrogens is 268 g/mol. The molecule has 0 bridgehead atoms. The van der Waals surface area contributed by atoms with E-state index in [2.05, 4.69) is 38.9 Å². The molecule has 0 fully saturated rings. The lowest BCUT2D eigenvalue weighted by atomic mass is 10.2. The number of aryl methyl sites for hydroxylation is 1. The van der Waals surface area contributed by atoms with Gasteiger partial charge in [0.15, 0.2) is 0 Å². The Morgan fingerprint density at radius 3 is 2.69 bits per heavy atom. The van der Waals surface area contributed by atoms with Crippen LogP contribution in [-0.4, -0.2) is 9.97 Å². The minimum atomic E-state index is 0.358. The van der Waals surface area contributed by atoms with E-state index in [1.54, 1.807) is 12.4 Å². The zero-order valence-electron chi connectivity index (χ0n) is 8.85. The molecule has 0 N–H and O–H groups in total. The Balaban J connectivity index is 2.16. The maximum Gasteiger partial charge on any atom is 0.321 e. The number of hydrogen-bond donors (Lipinski definition) is 0. The Hall–Kier alpha value is -1.42. The van der Waals surface area contributed by atoms with E-state index in [1.807, 2.05) is 18.2 Å². The first-order valence-electron chi connectivity index (χ1n) is 5.02.